The number of nitrogens with one attached hydrogen (secondary N) is 1. The maximum atomic E-state index is 12.4. The molecule has 1 saturated heterocycles. The van der Waals surface area contributed by atoms with Crippen molar-refractivity contribution < 1.29 is 17.6 Å². The van der Waals surface area contributed by atoms with Gasteiger partial charge in [-0.05, 0) is 36.6 Å². The van der Waals surface area contributed by atoms with Gasteiger partial charge in [-0.3, -0.25) is 4.79 Å². The standard InChI is InChI=1S/C19H21N3O4S/c23-19(20-11-15-4-3-8-26-15)12-22-17-6-2-1-5-16(17)21-18(22)10-14-7-9-27(24,25)13-14/h1-6,8,14H,7,9-13H2,(H,20,23)/t14-/m0/s1. The number of carbonyl (C=O) groups excluding carboxylic acids is 1. The smallest absolute Gasteiger partial charge is 0.240 e. The molecule has 2 aromatic heterocycles. The minimum absolute atomic E-state index is 0.0525. The summed E-state index contributed by atoms with van der Waals surface area (Å²) in [6.45, 7) is 0.463. The quantitative estimate of drug-likeness (QED) is 0.697. The monoisotopic (exact) mass is 387 g/mol. The predicted octanol–water partition coefficient (Wildman–Crippen LogP) is 1.92. The van der Waals surface area contributed by atoms with Crippen molar-refractivity contribution in [3.8, 4) is 0 Å². The third kappa shape index (κ3) is 4.05. The van der Waals surface area contributed by atoms with Gasteiger partial charge in [-0.1, -0.05) is 12.1 Å². The lowest BCUT2D eigenvalue weighted by molar-refractivity contribution is -0.121. The number of imidazole rings is 1. The number of aromatic nitrogens is 2. The number of rotatable bonds is 6. The fraction of sp³-hybridized carbons (Fsp3) is 0.368. The number of fused-ring (bicyclic) bond motifs is 1. The average Bonchev–Trinajstić information content (AvgIpc) is 3.34. The van der Waals surface area contributed by atoms with E-state index in [2.05, 4.69) is 10.3 Å². The van der Waals surface area contributed by atoms with Gasteiger partial charge in [0.1, 0.15) is 18.1 Å². The van der Waals surface area contributed by atoms with Crippen molar-refractivity contribution in [1.82, 2.24) is 14.9 Å². The molecule has 1 aromatic carbocycles. The summed E-state index contributed by atoms with van der Waals surface area (Å²) in [7, 11) is -2.94. The van der Waals surface area contributed by atoms with Gasteiger partial charge in [0.15, 0.2) is 9.84 Å². The first-order chi connectivity index (χ1) is 13.0. The summed E-state index contributed by atoms with van der Waals surface area (Å²) in [4.78, 5) is 17.1. The van der Waals surface area contributed by atoms with E-state index in [-0.39, 0.29) is 29.9 Å². The third-order valence-electron chi connectivity index (χ3n) is 4.87. The van der Waals surface area contributed by atoms with Gasteiger partial charge in [-0.2, -0.15) is 0 Å². The van der Waals surface area contributed by atoms with Gasteiger partial charge < -0.3 is 14.3 Å². The van der Waals surface area contributed by atoms with E-state index in [9.17, 15) is 13.2 Å². The largest absolute Gasteiger partial charge is 0.467 e. The van der Waals surface area contributed by atoms with Crippen molar-refractivity contribution in [3.05, 3.63) is 54.2 Å². The van der Waals surface area contributed by atoms with Crippen LogP contribution in [0.1, 0.15) is 18.0 Å². The molecule has 1 aliphatic rings. The highest BCUT2D eigenvalue weighted by Gasteiger charge is 2.29. The highest BCUT2D eigenvalue weighted by atomic mass is 32.2. The van der Waals surface area contributed by atoms with Crippen LogP contribution in [0.5, 0.6) is 0 Å². The van der Waals surface area contributed by atoms with E-state index in [1.54, 1.807) is 18.4 Å². The lowest BCUT2D eigenvalue weighted by Gasteiger charge is -2.12. The third-order valence-corrected chi connectivity index (χ3v) is 6.71. The van der Waals surface area contributed by atoms with E-state index in [1.807, 2.05) is 28.8 Å². The molecule has 0 aliphatic carbocycles. The van der Waals surface area contributed by atoms with Crippen LogP contribution in [0.25, 0.3) is 11.0 Å². The van der Waals surface area contributed by atoms with Crippen LogP contribution in [0.4, 0.5) is 0 Å². The first-order valence-corrected chi connectivity index (χ1v) is 10.8. The molecule has 27 heavy (non-hydrogen) atoms. The van der Waals surface area contributed by atoms with Crippen LogP contribution in [0.2, 0.25) is 0 Å². The Labute approximate surface area is 157 Å². The van der Waals surface area contributed by atoms with Crippen molar-refractivity contribution in [2.45, 2.75) is 25.9 Å². The molecule has 1 fully saturated rings. The maximum absolute atomic E-state index is 12.4. The second-order valence-electron chi connectivity index (χ2n) is 6.93. The number of furan rings is 1. The fourth-order valence-electron chi connectivity index (χ4n) is 3.55. The Balaban J connectivity index is 1.53. The SMILES string of the molecule is O=C(Cn1c(C[C@@H]2CCS(=O)(=O)C2)nc2ccccc21)NCc1ccco1. The number of carbonyl (C=O) groups is 1. The van der Waals surface area contributed by atoms with Crippen LogP contribution < -0.4 is 5.32 Å². The molecule has 7 nitrogen and oxygen atoms in total. The molecule has 0 spiro atoms. The van der Waals surface area contributed by atoms with Gasteiger partial charge >= 0.3 is 0 Å². The van der Waals surface area contributed by atoms with Crippen molar-refractivity contribution in [3.63, 3.8) is 0 Å². The van der Waals surface area contributed by atoms with E-state index in [0.29, 0.717) is 25.1 Å². The number of hydrogen-bond acceptors (Lipinski definition) is 5. The first kappa shape index (κ1) is 17.8. The summed E-state index contributed by atoms with van der Waals surface area (Å²) in [5, 5.41) is 2.84. The summed E-state index contributed by atoms with van der Waals surface area (Å²) < 4.78 is 30.6. The minimum Gasteiger partial charge on any atom is -0.467 e. The zero-order valence-corrected chi connectivity index (χ0v) is 15.6. The number of para-hydroxylation sites is 2. The predicted molar refractivity (Wildman–Crippen MR) is 101 cm³/mol. The highest BCUT2D eigenvalue weighted by molar-refractivity contribution is 7.91. The molecular weight excluding hydrogens is 366 g/mol. The minimum atomic E-state index is -2.94. The zero-order valence-electron chi connectivity index (χ0n) is 14.8. The number of sulfone groups is 1. The Hall–Kier alpha value is -2.61. The topological polar surface area (TPSA) is 94.2 Å². The molecule has 3 heterocycles. The Morgan fingerprint density at radius 1 is 1.26 bits per heavy atom. The maximum Gasteiger partial charge on any atom is 0.240 e. The molecular formula is C19H21N3O4S. The van der Waals surface area contributed by atoms with Crippen LogP contribution in [-0.2, 0) is 34.1 Å². The van der Waals surface area contributed by atoms with Crippen LogP contribution in [0, 0.1) is 5.92 Å². The van der Waals surface area contributed by atoms with E-state index < -0.39 is 9.84 Å². The first-order valence-electron chi connectivity index (χ1n) is 8.94. The van der Waals surface area contributed by atoms with Crippen LogP contribution in [0.15, 0.2) is 47.1 Å². The van der Waals surface area contributed by atoms with Crippen molar-refractivity contribution in [2.24, 2.45) is 5.92 Å². The Morgan fingerprint density at radius 2 is 2.11 bits per heavy atom. The molecule has 0 bridgehead atoms. The molecule has 0 saturated carbocycles. The molecule has 1 aliphatic heterocycles. The van der Waals surface area contributed by atoms with Crippen LogP contribution in [0.3, 0.4) is 0 Å². The van der Waals surface area contributed by atoms with Crippen LogP contribution in [-0.4, -0.2) is 35.4 Å². The molecule has 8 heteroatoms. The number of benzene rings is 1. The molecule has 0 radical (unpaired) electrons. The van der Waals surface area contributed by atoms with Crippen LogP contribution >= 0.6 is 0 Å². The van der Waals surface area contributed by atoms with Crippen molar-refractivity contribution >= 4 is 26.8 Å². The summed E-state index contributed by atoms with van der Waals surface area (Å²) in [6.07, 6.45) is 2.77. The zero-order chi connectivity index (χ0) is 18.9. The lowest BCUT2D eigenvalue weighted by atomic mass is 10.1. The molecule has 1 N–H and O–H groups in total. The van der Waals surface area contributed by atoms with Gasteiger partial charge in [0.2, 0.25) is 5.91 Å². The highest BCUT2D eigenvalue weighted by Crippen LogP contribution is 2.24. The van der Waals surface area contributed by atoms with Gasteiger partial charge in [0.05, 0.1) is 35.3 Å². The molecule has 0 unspecified atom stereocenters. The summed E-state index contributed by atoms with van der Waals surface area (Å²) >= 11 is 0. The Bertz CT molecular complexity index is 1050. The molecule has 4 rings (SSSR count). The number of amides is 1. The van der Waals surface area contributed by atoms with E-state index >= 15 is 0 Å². The van der Waals surface area contributed by atoms with E-state index in [4.69, 9.17) is 4.42 Å². The number of hydrogen-bond donors (Lipinski definition) is 1. The van der Waals surface area contributed by atoms with Gasteiger partial charge in [0, 0.05) is 6.42 Å². The second-order valence-corrected chi connectivity index (χ2v) is 9.16. The average molecular weight is 387 g/mol. The van der Waals surface area contributed by atoms with Crippen molar-refractivity contribution in [1.29, 1.82) is 0 Å². The molecule has 1 atom stereocenters. The Kier molecular flexibility index (Phi) is 4.73. The van der Waals surface area contributed by atoms with E-state index in [1.165, 1.54) is 0 Å². The number of nitrogens with zero attached hydrogens (tertiary/aromatic N) is 2. The van der Waals surface area contributed by atoms with E-state index in [0.717, 1.165) is 16.9 Å². The van der Waals surface area contributed by atoms with Crippen molar-refractivity contribution in [2.75, 3.05) is 11.5 Å². The Morgan fingerprint density at radius 3 is 2.85 bits per heavy atom. The fourth-order valence-corrected chi connectivity index (χ4v) is 5.41. The normalized spacial score (nSPS) is 18.7. The summed E-state index contributed by atoms with van der Waals surface area (Å²) in [5.41, 5.74) is 1.69. The lowest BCUT2D eigenvalue weighted by Crippen LogP contribution is -2.28. The molecule has 142 valence electrons. The molecule has 3 aromatic rings. The second kappa shape index (κ2) is 7.19. The van der Waals surface area contributed by atoms with Gasteiger partial charge in [-0.15, -0.1) is 0 Å². The summed E-state index contributed by atoms with van der Waals surface area (Å²) in [6, 6.07) is 11.2. The molecule has 1 amide bonds. The van der Waals surface area contributed by atoms with Gasteiger partial charge in [0.25, 0.3) is 0 Å². The van der Waals surface area contributed by atoms with Gasteiger partial charge in [-0.25, -0.2) is 13.4 Å². The summed E-state index contributed by atoms with van der Waals surface area (Å²) in [5.74, 6) is 1.79.